The lowest BCUT2D eigenvalue weighted by molar-refractivity contribution is 0.0554. The van der Waals surface area contributed by atoms with Crippen molar-refractivity contribution < 1.29 is 9.84 Å². The van der Waals surface area contributed by atoms with Crippen LogP contribution >= 0.6 is 11.6 Å². The van der Waals surface area contributed by atoms with Crippen LogP contribution < -0.4 is 4.74 Å². The average Bonchev–Trinajstić information content (AvgIpc) is 2.51. The fraction of sp³-hybridized carbons (Fsp3) is 0.333. The quantitative estimate of drug-likeness (QED) is 0.886. The van der Waals surface area contributed by atoms with E-state index in [0.29, 0.717) is 23.1 Å². The molecule has 0 saturated heterocycles. The zero-order valence-corrected chi connectivity index (χ0v) is 13.0. The maximum atomic E-state index is 11.4. The fourth-order valence-electron chi connectivity index (χ4n) is 3.30. The monoisotopic (exact) mass is 302 g/mol. The lowest BCUT2D eigenvalue weighted by Crippen LogP contribution is -2.33. The first kappa shape index (κ1) is 14.4. The molecule has 0 fully saturated rings. The standard InChI is InChI=1S/C18H19ClO2/c1-12-9-10-18(20,15-6-4-3-5-14(12)15)16-11-13(19)7-8-17(16)21-2/h3-8,11-12,20H,9-10H2,1-2H3. The van der Waals surface area contributed by atoms with Crippen LogP contribution in [-0.2, 0) is 5.60 Å². The van der Waals surface area contributed by atoms with Gasteiger partial charge in [-0.05, 0) is 48.1 Å². The van der Waals surface area contributed by atoms with Crippen molar-refractivity contribution in [2.45, 2.75) is 31.3 Å². The number of benzene rings is 2. The van der Waals surface area contributed by atoms with Crippen molar-refractivity contribution >= 4 is 11.6 Å². The molecular formula is C18H19ClO2. The molecule has 0 aliphatic heterocycles. The van der Waals surface area contributed by atoms with E-state index in [1.54, 1.807) is 13.2 Å². The number of hydrogen-bond donors (Lipinski definition) is 1. The number of methoxy groups -OCH3 is 1. The van der Waals surface area contributed by atoms with E-state index in [2.05, 4.69) is 13.0 Å². The van der Waals surface area contributed by atoms with Crippen LogP contribution in [0.5, 0.6) is 5.75 Å². The third-order valence-corrected chi connectivity index (χ3v) is 4.72. The Morgan fingerprint density at radius 3 is 2.71 bits per heavy atom. The van der Waals surface area contributed by atoms with E-state index < -0.39 is 5.60 Å². The second-order valence-corrected chi connectivity index (χ2v) is 6.17. The zero-order chi connectivity index (χ0) is 15.0. The molecule has 0 spiro atoms. The molecule has 2 aromatic carbocycles. The van der Waals surface area contributed by atoms with Gasteiger partial charge >= 0.3 is 0 Å². The van der Waals surface area contributed by atoms with Crippen LogP contribution in [0.3, 0.4) is 0 Å². The van der Waals surface area contributed by atoms with E-state index in [1.807, 2.05) is 30.3 Å². The molecule has 0 radical (unpaired) electrons. The summed E-state index contributed by atoms with van der Waals surface area (Å²) in [6, 6.07) is 13.5. The summed E-state index contributed by atoms with van der Waals surface area (Å²) in [6.45, 7) is 2.20. The van der Waals surface area contributed by atoms with Crippen molar-refractivity contribution in [3.8, 4) is 5.75 Å². The second kappa shape index (κ2) is 5.36. The summed E-state index contributed by atoms with van der Waals surface area (Å²) >= 11 is 6.14. The molecule has 0 aromatic heterocycles. The lowest BCUT2D eigenvalue weighted by atomic mass is 9.71. The maximum absolute atomic E-state index is 11.4. The van der Waals surface area contributed by atoms with Crippen molar-refractivity contribution in [2.24, 2.45) is 0 Å². The van der Waals surface area contributed by atoms with Crippen LogP contribution in [0.15, 0.2) is 42.5 Å². The molecule has 0 heterocycles. The van der Waals surface area contributed by atoms with E-state index in [-0.39, 0.29) is 0 Å². The van der Waals surface area contributed by atoms with Gasteiger partial charge in [-0.1, -0.05) is 42.8 Å². The Labute approximate surface area is 130 Å². The average molecular weight is 303 g/mol. The topological polar surface area (TPSA) is 29.5 Å². The van der Waals surface area contributed by atoms with Gasteiger partial charge in [0.25, 0.3) is 0 Å². The van der Waals surface area contributed by atoms with E-state index in [9.17, 15) is 5.11 Å². The third-order valence-electron chi connectivity index (χ3n) is 4.48. The minimum Gasteiger partial charge on any atom is -0.496 e. The van der Waals surface area contributed by atoms with Crippen molar-refractivity contribution in [1.29, 1.82) is 0 Å². The molecule has 0 amide bonds. The van der Waals surface area contributed by atoms with Crippen LogP contribution in [0.1, 0.15) is 42.4 Å². The highest BCUT2D eigenvalue weighted by Gasteiger charge is 2.40. The SMILES string of the molecule is COc1ccc(Cl)cc1C1(O)CCC(C)c2ccccc21. The maximum Gasteiger partial charge on any atom is 0.125 e. The van der Waals surface area contributed by atoms with Crippen LogP contribution in [0.4, 0.5) is 0 Å². The van der Waals surface area contributed by atoms with Gasteiger partial charge in [0, 0.05) is 10.6 Å². The van der Waals surface area contributed by atoms with Crippen molar-refractivity contribution in [3.05, 3.63) is 64.2 Å². The second-order valence-electron chi connectivity index (χ2n) is 5.73. The Morgan fingerprint density at radius 2 is 1.95 bits per heavy atom. The molecule has 1 N–H and O–H groups in total. The summed E-state index contributed by atoms with van der Waals surface area (Å²) in [6.07, 6.45) is 1.60. The summed E-state index contributed by atoms with van der Waals surface area (Å²) in [5, 5.41) is 12.0. The van der Waals surface area contributed by atoms with Crippen molar-refractivity contribution in [3.63, 3.8) is 0 Å². The van der Waals surface area contributed by atoms with Crippen molar-refractivity contribution in [2.75, 3.05) is 7.11 Å². The van der Waals surface area contributed by atoms with Gasteiger partial charge in [0.2, 0.25) is 0 Å². The molecular weight excluding hydrogens is 284 g/mol. The largest absolute Gasteiger partial charge is 0.496 e. The first-order valence-corrected chi connectivity index (χ1v) is 7.60. The van der Waals surface area contributed by atoms with Crippen LogP contribution in [-0.4, -0.2) is 12.2 Å². The minimum atomic E-state index is -1.04. The van der Waals surface area contributed by atoms with Crippen LogP contribution in [0.2, 0.25) is 5.02 Å². The van der Waals surface area contributed by atoms with E-state index in [0.717, 1.165) is 17.5 Å². The van der Waals surface area contributed by atoms with Gasteiger partial charge in [-0.3, -0.25) is 0 Å². The number of ether oxygens (including phenoxy) is 1. The summed E-state index contributed by atoms with van der Waals surface area (Å²) in [5.41, 5.74) is 1.87. The number of rotatable bonds is 2. The molecule has 1 aliphatic rings. The number of halogens is 1. The smallest absolute Gasteiger partial charge is 0.125 e. The summed E-state index contributed by atoms with van der Waals surface area (Å²) in [7, 11) is 1.62. The molecule has 3 heteroatoms. The molecule has 2 atom stereocenters. The van der Waals surface area contributed by atoms with Gasteiger partial charge in [-0.2, -0.15) is 0 Å². The summed E-state index contributed by atoms with van der Waals surface area (Å²) in [4.78, 5) is 0. The molecule has 1 aliphatic carbocycles. The predicted octanol–water partition coefficient (Wildman–Crippen LogP) is 4.48. The van der Waals surface area contributed by atoms with Gasteiger partial charge in [0.1, 0.15) is 11.4 Å². The van der Waals surface area contributed by atoms with E-state index >= 15 is 0 Å². The lowest BCUT2D eigenvalue weighted by Gasteiger charge is -2.38. The Hall–Kier alpha value is -1.51. The normalized spacial score (nSPS) is 24.5. The highest BCUT2D eigenvalue weighted by Crippen LogP contribution is 2.47. The minimum absolute atomic E-state index is 0.451. The molecule has 3 rings (SSSR count). The molecule has 0 saturated carbocycles. The van der Waals surface area contributed by atoms with Crippen molar-refractivity contribution in [1.82, 2.24) is 0 Å². The van der Waals surface area contributed by atoms with Gasteiger partial charge < -0.3 is 9.84 Å². The highest BCUT2D eigenvalue weighted by atomic mass is 35.5. The van der Waals surface area contributed by atoms with Crippen LogP contribution in [0.25, 0.3) is 0 Å². The molecule has 21 heavy (non-hydrogen) atoms. The predicted molar refractivity (Wildman–Crippen MR) is 85.1 cm³/mol. The van der Waals surface area contributed by atoms with Gasteiger partial charge in [0.15, 0.2) is 0 Å². The molecule has 2 aromatic rings. The number of aliphatic hydroxyl groups is 1. The molecule has 0 bridgehead atoms. The van der Waals surface area contributed by atoms with E-state index in [4.69, 9.17) is 16.3 Å². The number of hydrogen-bond acceptors (Lipinski definition) is 2. The van der Waals surface area contributed by atoms with Gasteiger partial charge in [0.05, 0.1) is 7.11 Å². The Kier molecular flexibility index (Phi) is 3.68. The first-order valence-electron chi connectivity index (χ1n) is 7.22. The Balaban J connectivity index is 2.22. The highest BCUT2D eigenvalue weighted by molar-refractivity contribution is 6.30. The molecule has 110 valence electrons. The number of fused-ring (bicyclic) bond motifs is 1. The fourth-order valence-corrected chi connectivity index (χ4v) is 3.47. The van der Waals surface area contributed by atoms with Crippen LogP contribution in [0, 0.1) is 0 Å². The van der Waals surface area contributed by atoms with Gasteiger partial charge in [-0.25, -0.2) is 0 Å². The van der Waals surface area contributed by atoms with Gasteiger partial charge in [-0.15, -0.1) is 0 Å². The molecule has 2 unspecified atom stereocenters. The Morgan fingerprint density at radius 1 is 1.19 bits per heavy atom. The summed E-state index contributed by atoms with van der Waals surface area (Å²) < 4.78 is 5.44. The first-order chi connectivity index (χ1) is 10.1. The van der Waals surface area contributed by atoms with E-state index in [1.165, 1.54) is 5.56 Å². The Bertz CT molecular complexity index is 668. The zero-order valence-electron chi connectivity index (χ0n) is 12.3. The summed E-state index contributed by atoms with van der Waals surface area (Å²) in [5.74, 6) is 1.12. The molecule has 2 nitrogen and oxygen atoms in total. The third kappa shape index (κ3) is 2.33.